The van der Waals surface area contributed by atoms with Gasteiger partial charge >= 0.3 is 0 Å². The lowest BCUT2D eigenvalue weighted by Crippen LogP contribution is -2.15. The summed E-state index contributed by atoms with van der Waals surface area (Å²) < 4.78 is 5.16. The molecule has 1 unspecified atom stereocenters. The van der Waals surface area contributed by atoms with Gasteiger partial charge in [-0.25, -0.2) is 0 Å². The molecule has 0 bridgehead atoms. The summed E-state index contributed by atoms with van der Waals surface area (Å²) in [5.74, 6) is 0.799. The molecule has 1 N–H and O–H groups in total. The summed E-state index contributed by atoms with van der Waals surface area (Å²) >= 11 is 1.52. The average molecular weight is 290 g/mol. The molecule has 0 aliphatic rings. The number of hydrogen-bond donors (Lipinski definition) is 1. The van der Waals surface area contributed by atoms with Crippen LogP contribution in [0.4, 0.5) is 0 Å². The monoisotopic (exact) mass is 290 g/mol. The molecule has 20 heavy (non-hydrogen) atoms. The first-order valence-corrected chi connectivity index (χ1v) is 7.77. The van der Waals surface area contributed by atoms with Crippen LogP contribution >= 0.6 is 11.3 Å². The predicted molar refractivity (Wildman–Crippen MR) is 84.7 cm³/mol. The fraction of sp³-hybridized carbons (Fsp3) is 0.412. The average Bonchev–Trinajstić information content (AvgIpc) is 2.95. The molecule has 1 aromatic heterocycles. The van der Waals surface area contributed by atoms with Crippen LogP contribution in [0.15, 0.2) is 35.7 Å². The molecule has 2 aromatic rings. The van der Waals surface area contributed by atoms with Crippen molar-refractivity contribution in [2.75, 3.05) is 7.11 Å². The lowest BCUT2D eigenvalue weighted by atomic mass is 9.82. The van der Waals surface area contributed by atoms with Gasteiger partial charge in [0.2, 0.25) is 0 Å². The van der Waals surface area contributed by atoms with Crippen molar-refractivity contribution < 1.29 is 9.84 Å². The number of methoxy groups -OCH3 is 1. The number of aliphatic hydroxyl groups excluding tert-OH is 1. The van der Waals surface area contributed by atoms with Gasteiger partial charge in [-0.2, -0.15) is 0 Å². The number of rotatable bonds is 5. The van der Waals surface area contributed by atoms with E-state index in [1.54, 1.807) is 7.11 Å². The second kappa shape index (κ2) is 5.98. The highest BCUT2D eigenvalue weighted by Gasteiger charge is 2.19. The Morgan fingerprint density at radius 1 is 1.25 bits per heavy atom. The molecule has 3 heteroatoms. The quantitative estimate of drug-likeness (QED) is 0.877. The molecular weight excluding hydrogens is 268 g/mol. The minimum absolute atomic E-state index is 0.176. The molecule has 0 spiro atoms. The van der Waals surface area contributed by atoms with E-state index in [9.17, 15) is 5.11 Å². The highest BCUT2D eigenvalue weighted by Crippen LogP contribution is 2.32. The molecule has 2 rings (SSSR count). The van der Waals surface area contributed by atoms with Gasteiger partial charge < -0.3 is 9.84 Å². The largest absolute Gasteiger partial charge is 0.496 e. The first kappa shape index (κ1) is 15.1. The predicted octanol–water partition coefficient (Wildman–Crippen LogP) is 4.53. The van der Waals surface area contributed by atoms with Crippen LogP contribution in [0, 0.1) is 0 Å². The smallest absolute Gasteiger partial charge is 0.129 e. The molecule has 108 valence electrons. The molecule has 0 saturated heterocycles. The molecule has 0 aliphatic heterocycles. The third kappa shape index (κ3) is 3.05. The molecule has 0 fully saturated rings. The zero-order chi connectivity index (χ0) is 14.8. The Labute approximate surface area is 125 Å². The van der Waals surface area contributed by atoms with Gasteiger partial charge in [-0.3, -0.25) is 0 Å². The molecular formula is C17H22O2S. The van der Waals surface area contributed by atoms with Gasteiger partial charge in [-0.15, -0.1) is 11.3 Å². The van der Waals surface area contributed by atoms with E-state index in [4.69, 9.17) is 4.74 Å². The summed E-state index contributed by atoms with van der Waals surface area (Å²) in [4.78, 5) is 0.907. The van der Waals surface area contributed by atoms with Crippen LogP contribution in [0.25, 0.3) is 0 Å². The minimum atomic E-state index is -0.581. The van der Waals surface area contributed by atoms with Crippen molar-refractivity contribution in [3.8, 4) is 5.75 Å². The standard InChI is InChI=1S/C17H22O2S/c1-5-17(2,3)13-8-6-12(7-9-13)16(18)15-10-14(19-4)11-20-15/h6-11,16,18H,5H2,1-4H3. The van der Waals surface area contributed by atoms with Gasteiger partial charge in [0.25, 0.3) is 0 Å². The van der Waals surface area contributed by atoms with Crippen LogP contribution in [0.5, 0.6) is 5.75 Å². The lowest BCUT2D eigenvalue weighted by Gasteiger charge is -2.23. The second-order valence-electron chi connectivity index (χ2n) is 5.65. The Kier molecular flexibility index (Phi) is 4.51. The maximum absolute atomic E-state index is 10.4. The van der Waals surface area contributed by atoms with Crippen LogP contribution in [-0.2, 0) is 5.41 Å². The Hall–Kier alpha value is -1.32. The molecule has 1 heterocycles. The van der Waals surface area contributed by atoms with Gasteiger partial charge in [-0.1, -0.05) is 45.0 Å². The fourth-order valence-electron chi connectivity index (χ4n) is 2.07. The highest BCUT2D eigenvalue weighted by molar-refractivity contribution is 7.10. The minimum Gasteiger partial charge on any atom is -0.496 e. The van der Waals surface area contributed by atoms with E-state index < -0.39 is 6.10 Å². The summed E-state index contributed by atoms with van der Waals surface area (Å²) in [5, 5.41) is 12.3. The van der Waals surface area contributed by atoms with Crippen molar-refractivity contribution in [1.82, 2.24) is 0 Å². The summed E-state index contributed by atoms with van der Waals surface area (Å²) in [6.07, 6.45) is 0.513. The second-order valence-corrected chi connectivity index (χ2v) is 6.59. The summed E-state index contributed by atoms with van der Waals surface area (Å²) in [6, 6.07) is 10.2. The van der Waals surface area contributed by atoms with Gasteiger partial charge in [-0.05, 0) is 29.0 Å². The van der Waals surface area contributed by atoms with Crippen LogP contribution in [0.1, 0.15) is 49.3 Å². The van der Waals surface area contributed by atoms with Crippen molar-refractivity contribution in [1.29, 1.82) is 0 Å². The van der Waals surface area contributed by atoms with Crippen molar-refractivity contribution in [3.63, 3.8) is 0 Å². The van der Waals surface area contributed by atoms with Crippen molar-refractivity contribution in [2.45, 2.75) is 38.7 Å². The number of benzene rings is 1. The van der Waals surface area contributed by atoms with Gasteiger partial charge in [0.1, 0.15) is 11.9 Å². The molecule has 2 nitrogen and oxygen atoms in total. The molecule has 0 aliphatic carbocycles. The van der Waals surface area contributed by atoms with E-state index >= 15 is 0 Å². The molecule has 0 amide bonds. The van der Waals surface area contributed by atoms with E-state index in [-0.39, 0.29) is 5.41 Å². The first-order valence-electron chi connectivity index (χ1n) is 6.89. The van der Waals surface area contributed by atoms with E-state index in [0.29, 0.717) is 0 Å². The molecule has 0 radical (unpaired) electrons. The van der Waals surface area contributed by atoms with Crippen molar-refractivity contribution in [3.05, 3.63) is 51.7 Å². The zero-order valence-corrected chi connectivity index (χ0v) is 13.3. The van der Waals surface area contributed by atoms with Crippen LogP contribution in [0.3, 0.4) is 0 Å². The third-order valence-electron chi connectivity index (χ3n) is 3.99. The maximum atomic E-state index is 10.4. The first-order chi connectivity index (χ1) is 9.47. The molecule has 0 saturated carbocycles. The Morgan fingerprint density at radius 2 is 1.90 bits per heavy atom. The van der Waals surface area contributed by atoms with E-state index in [2.05, 4.69) is 32.9 Å². The number of thiophene rings is 1. The Morgan fingerprint density at radius 3 is 2.40 bits per heavy atom. The Balaban J connectivity index is 2.21. The molecule has 1 atom stereocenters. The fourth-order valence-corrected chi connectivity index (χ4v) is 2.94. The van der Waals surface area contributed by atoms with Crippen molar-refractivity contribution >= 4 is 11.3 Å². The van der Waals surface area contributed by atoms with Crippen LogP contribution < -0.4 is 4.74 Å². The number of aliphatic hydroxyl groups is 1. The van der Waals surface area contributed by atoms with Crippen LogP contribution in [-0.4, -0.2) is 12.2 Å². The van der Waals surface area contributed by atoms with Gasteiger partial charge in [0.05, 0.1) is 7.11 Å². The van der Waals surface area contributed by atoms with Gasteiger partial charge in [0.15, 0.2) is 0 Å². The normalized spacial score (nSPS) is 13.2. The third-order valence-corrected chi connectivity index (χ3v) is 4.96. The summed E-state index contributed by atoms with van der Waals surface area (Å²) in [6.45, 7) is 6.67. The van der Waals surface area contributed by atoms with Crippen LogP contribution in [0.2, 0.25) is 0 Å². The van der Waals surface area contributed by atoms with E-state index in [1.807, 2.05) is 23.6 Å². The van der Waals surface area contributed by atoms with Crippen molar-refractivity contribution in [2.24, 2.45) is 0 Å². The van der Waals surface area contributed by atoms with E-state index in [1.165, 1.54) is 16.9 Å². The summed E-state index contributed by atoms with van der Waals surface area (Å²) in [5.41, 5.74) is 2.40. The number of ether oxygens (including phenoxy) is 1. The molecule has 1 aromatic carbocycles. The number of hydrogen-bond acceptors (Lipinski definition) is 3. The van der Waals surface area contributed by atoms with E-state index in [0.717, 1.165) is 22.6 Å². The maximum Gasteiger partial charge on any atom is 0.129 e. The topological polar surface area (TPSA) is 29.5 Å². The van der Waals surface area contributed by atoms with Gasteiger partial charge in [0, 0.05) is 10.3 Å². The SMILES string of the molecule is CCC(C)(C)c1ccc(C(O)c2cc(OC)cs2)cc1. The highest BCUT2D eigenvalue weighted by atomic mass is 32.1. The Bertz CT molecular complexity index is 555. The summed E-state index contributed by atoms with van der Waals surface area (Å²) in [7, 11) is 1.64. The zero-order valence-electron chi connectivity index (χ0n) is 12.5. The lowest BCUT2D eigenvalue weighted by molar-refractivity contribution is 0.224.